The van der Waals surface area contributed by atoms with Crippen LogP contribution in [-0.2, 0) is 16.0 Å². The molecule has 0 radical (unpaired) electrons. The quantitative estimate of drug-likeness (QED) is 0.670. The average Bonchev–Trinajstić information content (AvgIpc) is 2.45. The van der Waals surface area contributed by atoms with Gasteiger partial charge in [-0.05, 0) is 24.5 Å². The van der Waals surface area contributed by atoms with Crippen LogP contribution in [0, 0.1) is 5.92 Å². The lowest BCUT2D eigenvalue weighted by molar-refractivity contribution is -0.139. The minimum atomic E-state index is -0.211. The van der Waals surface area contributed by atoms with Crippen LogP contribution in [0.15, 0.2) is 24.3 Å². The molecule has 0 amide bonds. The smallest absolute Gasteiger partial charge is 0.203 e. The SMILES string of the molecule is CN1c2ccccc2CC(=O)C(=O)C2CCCCC21. The highest BCUT2D eigenvalue weighted by molar-refractivity contribution is 6.38. The second-order valence-corrected chi connectivity index (χ2v) is 5.66. The fourth-order valence-electron chi connectivity index (χ4n) is 3.53. The first-order valence-corrected chi connectivity index (χ1v) is 7.06. The number of carbonyl (C=O) groups is 2. The van der Waals surface area contributed by atoms with Gasteiger partial charge in [-0.2, -0.15) is 0 Å². The molecule has 2 atom stereocenters. The minimum absolute atomic E-state index is 0.0976. The largest absolute Gasteiger partial charge is 0.371 e. The standard InChI is InChI=1S/C16H19NO2/c1-17-13-8-4-2-6-11(13)10-15(18)16(19)12-7-3-5-9-14(12)17/h2,4,6,8,12,14H,3,5,7,9-10H2,1H3. The Morgan fingerprint density at radius 2 is 1.84 bits per heavy atom. The predicted molar refractivity (Wildman–Crippen MR) is 74.3 cm³/mol. The van der Waals surface area contributed by atoms with Gasteiger partial charge in [0, 0.05) is 31.1 Å². The number of fused-ring (bicyclic) bond motifs is 2. The molecule has 0 spiro atoms. The maximum absolute atomic E-state index is 12.3. The summed E-state index contributed by atoms with van der Waals surface area (Å²) in [5.74, 6) is -0.455. The van der Waals surface area contributed by atoms with Crippen molar-refractivity contribution in [3.8, 4) is 0 Å². The molecule has 0 saturated heterocycles. The van der Waals surface area contributed by atoms with Gasteiger partial charge in [-0.1, -0.05) is 31.0 Å². The van der Waals surface area contributed by atoms with Crippen molar-refractivity contribution in [2.45, 2.75) is 38.1 Å². The monoisotopic (exact) mass is 257 g/mol. The Bertz CT molecular complexity index is 523. The molecule has 3 rings (SSSR count). The molecule has 1 heterocycles. The van der Waals surface area contributed by atoms with E-state index in [-0.39, 0.29) is 29.9 Å². The van der Waals surface area contributed by atoms with E-state index in [1.807, 2.05) is 18.2 Å². The van der Waals surface area contributed by atoms with Crippen LogP contribution in [0.25, 0.3) is 0 Å². The van der Waals surface area contributed by atoms with E-state index in [9.17, 15) is 9.59 Å². The van der Waals surface area contributed by atoms with Gasteiger partial charge in [0.25, 0.3) is 0 Å². The molecule has 3 heteroatoms. The molecule has 1 aliphatic carbocycles. The van der Waals surface area contributed by atoms with Gasteiger partial charge in [0.05, 0.1) is 0 Å². The molecular weight excluding hydrogens is 238 g/mol. The number of Topliss-reactive ketones (excluding diaryl/α,β-unsaturated/α-hetero) is 2. The summed E-state index contributed by atoms with van der Waals surface area (Å²) in [6.07, 6.45) is 4.34. The van der Waals surface area contributed by atoms with Crippen LogP contribution in [0.2, 0.25) is 0 Å². The summed E-state index contributed by atoms with van der Waals surface area (Å²) in [6.45, 7) is 0. The number of anilines is 1. The van der Waals surface area contributed by atoms with Gasteiger partial charge < -0.3 is 4.90 Å². The van der Waals surface area contributed by atoms with Gasteiger partial charge in [-0.25, -0.2) is 0 Å². The van der Waals surface area contributed by atoms with Crippen LogP contribution in [0.3, 0.4) is 0 Å². The lowest BCUT2D eigenvalue weighted by Crippen LogP contribution is -2.47. The molecule has 100 valence electrons. The van der Waals surface area contributed by atoms with Crippen molar-refractivity contribution < 1.29 is 9.59 Å². The summed E-state index contributed by atoms with van der Waals surface area (Å²) in [6, 6.07) is 8.14. The van der Waals surface area contributed by atoms with Crippen molar-refractivity contribution in [3.63, 3.8) is 0 Å². The number of nitrogens with zero attached hydrogens (tertiary/aromatic N) is 1. The van der Waals surface area contributed by atoms with Crippen LogP contribution < -0.4 is 4.90 Å². The number of para-hydroxylation sites is 1. The number of ketones is 2. The van der Waals surface area contributed by atoms with E-state index < -0.39 is 0 Å². The van der Waals surface area contributed by atoms with Gasteiger partial charge in [0.1, 0.15) is 0 Å². The number of hydrogen-bond acceptors (Lipinski definition) is 3. The van der Waals surface area contributed by atoms with E-state index >= 15 is 0 Å². The Morgan fingerprint density at radius 3 is 2.68 bits per heavy atom. The fraction of sp³-hybridized carbons (Fsp3) is 0.500. The van der Waals surface area contributed by atoms with Crippen molar-refractivity contribution in [1.29, 1.82) is 0 Å². The van der Waals surface area contributed by atoms with E-state index in [2.05, 4.69) is 18.0 Å². The van der Waals surface area contributed by atoms with E-state index in [4.69, 9.17) is 0 Å². The van der Waals surface area contributed by atoms with Crippen molar-refractivity contribution in [3.05, 3.63) is 29.8 Å². The zero-order chi connectivity index (χ0) is 13.4. The summed E-state index contributed by atoms with van der Waals surface area (Å²) < 4.78 is 0. The Balaban J connectivity index is 2.07. The second kappa shape index (κ2) is 4.80. The molecule has 0 N–H and O–H groups in total. The minimum Gasteiger partial charge on any atom is -0.371 e. The molecular formula is C16H19NO2. The summed E-state index contributed by atoms with van der Waals surface area (Å²) in [4.78, 5) is 26.7. The van der Waals surface area contributed by atoms with Crippen LogP contribution in [0.5, 0.6) is 0 Å². The third-order valence-corrected chi connectivity index (χ3v) is 4.56. The van der Waals surface area contributed by atoms with Gasteiger partial charge >= 0.3 is 0 Å². The summed E-state index contributed by atoms with van der Waals surface area (Å²) >= 11 is 0. The summed E-state index contributed by atoms with van der Waals surface area (Å²) in [7, 11) is 2.06. The highest BCUT2D eigenvalue weighted by Gasteiger charge is 2.38. The van der Waals surface area contributed by atoms with Crippen LogP contribution in [-0.4, -0.2) is 24.7 Å². The molecule has 19 heavy (non-hydrogen) atoms. The second-order valence-electron chi connectivity index (χ2n) is 5.66. The first-order chi connectivity index (χ1) is 9.18. The topological polar surface area (TPSA) is 37.4 Å². The van der Waals surface area contributed by atoms with Crippen LogP contribution in [0.1, 0.15) is 31.2 Å². The van der Waals surface area contributed by atoms with Gasteiger partial charge in [0.2, 0.25) is 11.6 Å². The van der Waals surface area contributed by atoms with Crippen molar-refractivity contribution >= 4 is 17.3 Å². The maximum atomic E-state index is 12.3. The number of carbonyl (C=O) groups excluding carboxylic acids is 2. The molecule has 1 aromatic rings. The normalized spacial score (nSPS) is 27.3. The number of hydrogen-bond donors (Lipinski definition) is 0. The Morgan fingerprint density at radius 1 is 1.11 bits per heavy atom. The molecule has 1 aromatic carbocycles. The zero-order valence-corrected chi connectivity index (χ0v) is 11.3. The van der Waals surface area contributed by atoms with Crippen LogP contribution in [0.4, 0.5) is 5.69 Å². The average molecular weight is 257 g/mol. The van der Waals surface area contributed by atoms with Gasteiger partial charge in [0.15, 0.2) is 0 Å². The summed E-state index contributed by atoms with van der Waals surface area (Å²) in [5.41, 5.74) is 2.09. The molecule has 0 aromatic heterocycles. The van der Waals surface area contributed by atoms with E-state index in [0.717, 1.165) is 36.9 Å². The third kappa shape index (κ3) is 2.07. The molecule has 1 saturated carbocycles. The lowest BCUT2D eigenvalue weighted by Gasteiger charge is -2.40. The van der Waals surface area contributed by atoms with Gasteiger partial charge in [-0.3, -0.25) is 9.59 Å². The fourth-order valence-corrected chi connectivity index (χ4v) is 3.53. The Kier molecular flexibility index (Phi) is 3.13. The Labute approximate surface area is 113 Å². The van der Waals surface area contributed by atoms with Crippen molar-refractivity contribution in [2.24, 2.45) is 5.92 Å². The first-order valence-electron chi connectivity index (χ1n) is 7.06. The summed E-state index contributed by atoms with van der Waals surface area (Å²) in [5, 5.41) is 0. The molecule has 0 bridgehead atoms. The third-order valence-electron chi connectivity index (χ3n) is 4.56. The molecule has 1 aliphatic heterocycles. The van der Waals surface area contributed by atoms with E-state index in [0.29, 0.717) is 0 Å². The van der Waals surface area contributed by atoms with Crippen LogP contribution >= 0.6 is 0 Å². The lowest BCUT2D eigenvalue weighted by atomic mass is 9.77. The van der Waals surface area contributed by atoms with Crippen molar-refractivity contribution in [1.82, 2.24) is 0 Å². The molecule has 3 nitrogen and oxygen atoms in total. The van der Waals surface area contributed by atoms with Crippen molar-refractivity contribution in [2.75, 3.05) is 11.9 Å². The van der Waals surface area contributed by atoms with E-state index in [1.54, 1.807) is 0 Å². The predicted octanol–water partition coefficient (Wildman–Crippen LogP) is 2.38. The first kappa shape index (κ1) is 12.4. The zero-order valence-electron chi connectivity index (χ0n) is 11.3. The highest BCUT2D eigenvalue weighted by Crippen LogP contribution is 2.35. The maximum Gasteiger partial charge on any atom is 0.203 e. The number of benzene rings is 1. The van der Waals surface area contributed by atoms with E-state index in [1.165, 1.54) is 0 Å². The van der Waals surface area contributed by atoms with Gasteiger partial charge in [-0.15, -0.1) is 0 Å². The molecule has 2 unspecified atom stereocenters. The highest BCUT2D eigenvalue weighted by atomic mass is 16.2. The molecule has 1 fully saturated rings. The Hall–Kier alpha value is -1.64. The number of rotatable bonds is 0. The molecule has 2 aliphatic rings.